The summed E-state index contributed by atoms with van der Waals surface area (Å²) in [5, 5.41) is 0. The Bertz CT molecular complexity index is 227. The number of hydrogen-bond acceptors (Lipinski definition) is 3. The topological polar surface area (TPSA) is 77.8 Å². The Morgan fingerprint density at radius 1 is 1.31 bits per heavy atom. The molecular weight excluding hydrogens is 193 g/mol. The molecule has 6 heteroatoms. The van der Waals surface area contributed by atoms with E-state index in [-0.39, 0.29) is 11.9 Å². The normalized spacial score (nSPS) is 20.6. The van der Waals surface area contributed by atoms with Gasteiger partial charge in [0.25, 0.3) is 0 Å². The number of rotatable bonds is 3. The first kappa shape index (κ1) is 10.9. The molecule has 2 N–H and O–H groups in total. The second-order valence-corrected chi connectivity index (χ2v) is 5.05. The highest BCUT2D eigenvalue weighted by Gasteiger charge is 2.19. The monoisotopic (exact) mass is 207 g/mol. The lowest BCUT2D eigenvalue weighted by atomic mass is 10.1. The van der Waals surface area contributed by atoms with Gasteiger partial charge in [0.1, 0.15) is 5.78 Å². The predicted octanol–water partition coefficient (Wildman–Crippen LogP) is -0.171. The first-order valence-electron chi connectivity index (χ1n) is 4.26. The molecule has 1 rings (SSSR count). The Morgan fingerprint density at radius 2 is 1.85 bits per heavy atom. The molecule has 1 fully saturated rings. The summed E-state index contributed by atoms with van der Waals surface area (Å²) >= 11 is 0. The van der Waals surface area contributed by atoms with Crippen LogP contribution in [0.4, 0.5) is 0 Å². The summed E-state index contributed by atoms with van der Waals surface area (Å²) in [6.07, 6.45) is 0.920. The van der Waals surface area contributed by atoms with E-state index in [1.165, 1.54) is 0 Å². The molecule has 0 spiro atoms. The van der Waals surface area contributed by atoms with Crippen molar-refractivity contribution in [3.63, 3.8) is 0 Å². The van der Waals surface area contributed by atoms with Crippen molar-refractivity contribution >= 4 is 13.4 Å². The minimum Gasteiger partial charge on any atom is -0.324 e. The van der Waals surface area contributed by atoms with Crippen molar-refractivity contribution in [1.29, 1.82) is 0 Å². The maximum Gasteiger partial charge on any atom is 0.326 e. The maximum atomic E-state index is 10.8. The van der Waals surface area contributed by atoms with Crippen molar-refractivity contribution in [3.05, 3.63) is 0 Å². The molecule has 0 aromatic rings. The molecule has 13 heavy (non-hydrogen) atoms. The molecule has 1 heterocycles. The number of Topliss-reactive ketones (excluding diaryl/α,β-unsaturated/α-hetero) is 1. The SMILES string of the molecule is O=C1CCN(CCP(=O)(O)O)CC1. The van der Waals surface area contributed by atoms with Gasteiger partial charge in [-0.2, -0.15) is 0 Å². The second kappa shape index (κ2) is 4.33. The lowest BCUT2D eigenvalue weighted by Crippen LogP contribution is -2.35. The quantitative estimate of drug-likeness (QED) is 0.628. The third-order valence-electron chi connectivity index (χ3n) is 2.12. The van der Waals surface area contributed by atoms with Crippen LogP contribution in [0.25, 0.3) is 0 Å². The van der Waals surface area contributed by atoms with Crippen LogP contribution >= 0.6 is 7.60 Å². The molecular formula is C7H14NO4P. The zero-order valence-corrected chi connectivity index (χ0v) is 8.24. The van der Waals surface area contributed by atoms with Gasteiger partial charge in [0.2, 0.25) is 0 Å². The Morgan fingerprint density at radius 3 is 2.31 bits per heavy atom. The highest BCUT2D eigenvalue weighted by molar-refractivity contribution is 7.51. The van der Waals surface area contributed by atoms with Gasteiger partial charge in [0.15, 0.2) is 0 Å². The maximum absolute atomic E-state index is 10.8. The molecule has 0 atom stereocenters. The molecule has 1 aliphatic heterocycles. The van der Waals surface area contributed by atoms with Crippen molar-refractivity contribution in [2.75, 3.05) is 25.8 Å². The van der Waals surface area contributed by atoms with E-state index >= 15 is 0 Å². The summed E-state index contributed by atoms with van der Waals surface area (Å²) in [5.41, 5.74) is 0. The molecule has 0 amide bonds. The van der Waals surface area contributed by atoms with Crippen LogP contribution in [0.2, 0.25) is 0 Å². The number of piperidine rings is 1. The molecule has 0 unspecified atom stereocenters. The first-order chi connectivity index (χ1) is 5.97. The van der Waals surface area contributed by atoms with Gasteiger partial charge in [-0.1, -0.05) is 0 Å². The van der Waals surface area contributed by atoms with Gasteiger partial charge in [-0.15, -0.1) is 0 Å². The number of nitrogens with zero attached hydrogens (tertiary/aromatic N) is 1. The average Bonchev–Trinajstić information content (AvgIpc) is 2.02. The van der Waals surface area contributed by atoms with Crippen LogP contribution in [0.5, 0.6) is 0 Å². The molecule has 0 aliphatic carbocycles. The van der Waals surface area contributed by atoms with Gasteiger partial charge in [0.05, 0.1) is 6.16 Å². The van der Waals surface area contributed by atoms with Crippen molar-refractivity contribution in [2.45, 2.75) is 12.8 Å². The minimum absolute atomic E-state index is 0.110. The molecule has 76 valence electrons. The zero-order chi connectivity index (χ0) is 9.90. The van der Waals surface area contributed by atoms with Gasteiger partial charge in [-0.25, -0.2) is 0 Å². The van der Waals surface area contributed by atoms with Crippen LogP contribution in [0, 0.1) is 0 Å². The lowest BCUT2D eigenvalue weighted by molar-refractivity contribution is -0.121. The van der Waals surface area contributed by atoms with Crippen LogP contribution in [-0.4, -0.2) is 46.3 Å². The number of carbonyl (C=O) groups excluding carboxylic acids is 1. The highest BCUT2D eigenvalue weighted by atomic mass is 31.2. The molecule has 0 radical (unpaired) electrons. The van der Waals surface area contributed by atoms with Gasteiger partial charge in [0, 0.05) is 32.5 Å². The second-order valence-electron chi connectivity index (χ2n) is 3.27. The molecule has 0 saturated carbocycles. The fourth-order valence-electron chi connectivity index (χ4n) is 1.30. The summed E-state index contributed by atoms with van der Waals surface area (Å²) < 4.78 is 10.5. The Hall–Kier alpha value is -0.220. The molecule has 0 aromatic carbocycles. The van der Waals surface area contributed by atoms with E-state index in [0.717, 1.165) is 0 Å². The Labute approximate surface area is 76.9 Å². The van der Waals surface area contributed by atoms with E-state index in [9.17, 15) is 9.36 Å². The smallest absolute Gasteiger partial charge is 0.324 e. The lowest BCUT2D eigenvalue weighted by Gasteiger charge is -2.25. The van der Waals surface area contributed by atoms with Gasteiger partial charge < -0.3 is 14.7 Å². The van der Waals surface area contributed by atoms with E-state index in [1.807, 2.05) is 4.90 Å². The van der Waals surface area contributed by atoms with E-state index < -0.39 is 7.60 Å². The summed E-state index contributed by atoms with van der Waals surface area (Å²) in [5.74, 6) is 0.243. The summed E-state index contributed by atoms with van der Waals surface area (Å²) in [7, 11) is -3.87. The Balaban J connectivity index is 2.23. The number of hydrogen-bond donors (Lipinski definition) is 2. The molecule has 0 bridgehead atoms. The van der Waals surface area contributed by atoms with E-state index in [4.69, 9.17) is 9.79 Å². The van der Waals surface area contributed by atoms with Crippen molar-refractivity contribution < 1.29 is 19.1 Å². The molecule has 1 aliphatic rings. The highest BCUT2D eigenvalue weighted by Crippen LogP contribution is 2.33. The third kappa shape index (κ3) is 4.52. The number of likely N-dealkylation sites (tertiary alicyclic amines) is 1. The largest absolute Gasteiger partial charge is 0.326 e. The van der Waals surface area contributed by atoms with Crippen molar-refractivity contribution in [3.8, 4) is 0 Å². The van der Waals surface area contributed by atoms with Crippen molar-refractivity contribution in [2.24, 2.45) is 0 Å². The standard InChI is InChI=1S/C7H14NO4P/c9-7-1-3-8(4-2-7)5-6-13(10,11)12/h1-6H2,(H2,10,11,12). The van der Waals surface area contributed by atoms with Crippen LogP contribution in [0.1, 0.15) is 12.8 Å². The van der Waals surface area contributed by atoms with Gasteiger partial charge in [-0.3, -0.25) is 9.36 Å². The van der Waals surface area contributed by atoms with Crippen molar-refractivity contribution in [1.82, 2.24) is 4.90 Å². The summed E-state index contributed by atoms with van der Waals surface area (Å²) in [6.45, 7) is 1.66. The van der Waals surface area contributed by atoms with Gasteiger partial charge >= 0.3 is 7.60 Å². The Kier molecular flexibility index (Phi) is 3.62. The third-order valence-corrected chi connectivity index (χ3v) is 2.90. The molecule has 0 aromatic heterocycles. The van der Waals surface area contributed by atoms with Crippen LogP contribution in [-0.2, 0) is 9.36 Å². The predicted molar refractivity (Wildman–Crippen MR) is 47.6 cm³/mol. The molecule has 1 saturated heterocycles. The van der Waals surface area contributed by atoms with Crippen LogP contribution in [0.3, 0.4) is 0 Å². The summed E-state index contributed by atoms with van der Waals surface area (Å²) in [6, 6.07) is 0. The number of ketones is 1. The fourth-order valence-corrected chi connectivity index (χ4v) is 1.84. The van der Waals surface area contributed by atoms with E-state index in [2.05, 4.69) is 0 Å². The first-order valence-corrected chi connectivity index (χ1v) is 6.06. The van der Waals surface area contributed by atoms with E-state index in [1.54, 1.807) is 0 Å². The molecule has 5 nitrogen and oxygen atoms in total. The summed E-state index contributed by atoms with van der Waals surface area (Å²) in [4.78, 5) is 30.0. The number of carbonyl (C=O) groups is 1. The van der Waals surface area contributed by atoms with Crippen LogP contribution < -0.4 is 0 Å². The zero-order valence-electron chi connectivity index (χ0n) is 7.35. The van der Waals surface area contributed by atoms with Gasteiger partial charge in [-0.05, 0) is 0 Å². The average molecular weight is 207 g/mol. The fraction of sp³-hybridized carbons (Fsp3) is 0.857. The van der Waals surface area contributed by atoms with Crippen LogP contribution in [0.15, 0.2) is 0 Å². The minimum atomic E-state index is -3.87. The van der Waals surface area contributed by atoms with E-state index in [0.29, 0.717) is 32.5 Å².